The van der Waals surface area contributed by atoms with Crippen molar-refractivity contribution >= 4 is 17.5 Å². The molecule has 0 bridgehead atoms. The van der Waals surface area contributed by atoms with Crippen LogP contribution in [0.1, 0.15) is 29.2 Å². The number of aromatic amines is 1. The van der Waals surface area contributed by atoms with Gasteiger partial charge in [-0.05, 0) is 11.6 Å². The Morgan fingerprint density at radius 3 is 2.71 bits per heavy atom. The van der Waals surface area contributed by atoms with Crippen LogP contribution in [-0.2, 0) is 22.6 Å². The number of benzene rings is 2. The fourth-order valence-electron chi connectivity index (χ4n) is 4.17. The third kappa shape index (κ3) is 2.78. The number of aromatic nitrogens is 2. The second-order valence-corrected chi connectivity index (χ2v) is 7.30. The highest BCUT2D eigenvalue weighted by Crippen LogP contribution is 2.35. The number of rotatable bonds is 2. The molecule has 2 N–H and O–H groups in total. The average Bonchev–Trinajstić information content (AvgIpc) is 3.16. The molecule has 0 saturated heterocycles. The summed E-state index contributed by atoms with van der Waals surface area (Å²) in [6.45, 7) is 1.14. The van der Waals surface area contributed by atoms with Crippen LogP contribution in [0.25, 0.3) is 11.3 Å². The zero-order valence-electron chi connectivity index (χ0n) is 15.3. The Labute approximate surface area is 162 Å². The van der Waals surface area contributed by atoms with Gasteiger partial charge < -0.3 is 10.2 Å². The number of amides is 2. The Morgan fingerprint density at radius 2 is 1.86 bits per heavy atom. The van der Waals surface area contributed by atoms with E-state index in [0.29, 0.717) is 13.1 Å². The zero-order chi connectivity index (χ0) is 19.1. The van der Waals surface area contributed by atoms with Crippen LogP contribution in [0.2, 0.25) is 0 Å². The smallest absolute Gasteiger partial charge is 0.231 e. The molecule has 6 heteroatoms. The van der Waals surface area contributed by atoms with E-state index in [0.717, 1.165) is 40.2 Å². The topological polar surface area (TPSA) is 78.1 Å². The summed E-state index contributed by atoms with van der Waals surface area (Å²) < 4.78 is 0. The SMILES string of the molecule is O=C1CC(C(=O)N2CCc3[nH]nc(-c4ccccc4)c3C2)c2ccccc2N1. The lowest BCUT2D eigenvalue weighted by atomic mass is 9.88. The minimum absolute atomic E-state index is 0.00756. The molecule has 6 nitrogen and oxygen atoms in total. The van der Waals surface area contributed by atoms with E-state index in [1.54, 1.807) is 0 Å². The fraction of sp³-hybridized carbons (Fsp3) is 0.227. The summed E-state index contributed by atoms with van der Waals surface area (Å²) in [7, 11) is 0. The second kappa shape index (κ2) is 6.64. The van der Waals surface area contributed by atoms with Gasteiger partial charge in [-0.3, -0.25) is 14.7 Å². The predicted octanol–water partition coefficient (Wildman–Crippen LogP) is 3.09. The van der Waals surface area contributed by atoms with Gasteiger partial charge in [0.1, 0.15) is 0 Å². The molecule has 2 aromatic carbocycles. The van der Waals surface area contributed by atoms with Crippen molar-refractivity contribution in [1.29, 1.82) is 0 Å². The van der Waals surface area contributed by atoms with Crippen LogP contribution in [0.4, 0.5) is 5.69 Å². The Morgan fingerprint density at radius 1 is 1.07 bits per heavy atom. The minimum atomic E-state index is -0.432. The highest BCUT2D eigenvalue weighted by Gasteiger charge is 2.35. The summed E-state index contributed by atoms with van der Waals surface area (Å²) in [5.41, 5.74) is 5.73. The summed E-state index contributed by atoms with van der Waals surface area (Å²) in [5.74, 6) is -0.533. The van der Waals surface area contributed by atoms with Gasteiger partial charge in [0.05, 0.1) is 11.6 Å². The van der Waals surface area contributed by atoms with Crippen LogP contribution in [0, 0.1) is 0 Å². The first-order valence-corrected chi connectivity index (χ1v) is 9.50. The van der Waals surface area contributed by atoms with Crippen molar-refractivity contribution in [2.75, 3.05) is 11.9 Å². The lowest BCUT2D eigenvalue weighted by Gasteiger charge is -2.33. The van der Waals surface area contributed by atoms with Crippen molar-refractivity contribution in [3.05, 3.63) is 71.4 Å². The number of hydrogen-bond donors (Lipinski definition) is 2. The molecule has 2 amide bonds. The Balaban J connectivity index is 1.45. The van der Waals surface area contributed by atoms with E-state index in [-0.39, 0.29) is 18.2 Å². The van der Waals surface area contributed by atoms with Gasteiger partial charge in [0.25, 0.3) is 0 Å². The number of hydrogen-bond acceptors (Lipinski definition) is 3. The summed E-state index contributed by atoms with van der Waals surface area (Å²) in [5, 5.41) is 10.5. The van der Waals surface area contributed by atoms with Gasteiger partial charge in [-0.2, -0.15) is 5.10 Å². The lowest BCUT2D eigenvalue weighted by molar-refractivity contribution is -0.135. The quantitative estimate of drug-likeness (QED) is 0.726. The first kappa shape index (κ1) is 16.7. The van der Waals surface area contributed by atoms with E-state index in [1.807, 2.05) is 59.5 Å². The zero-order valence-corrected chi connectivity index (χ0v) is 15.3. The minimum Gasteiger partial charge on any atom is -0.337 e. The third-order valence-corrected chi connectivity index (χ3v) is 5.59. The van der Waals surface area contributed by atoms with Crippen LogP contribution in [0.5, 0.6) is 0 Å². The van der Waals surface area contributed by atoms with Crippen LogP contribution in [0.3, 0.4) is 0 Å². The highest BCUT2D eigenvalue weighted by atomic mass is 16.2. The lowest BCUT2D eigenvalue weighted by Crippen LogP contribution is -2.41. The largest absolute Gasteiger partial charge is 0.337 e. The first-order valence-electron chi connectivity index (χ1n) is 9.50. The number of para-hydroxylation sites is 1. The van der Waals surface area contributed by atoms with E-state index >= 15 is 0 Å². The maximum atomic E-state index is 13.4. The Bertz CT molecular complexity index is 1060. The summed E-state index contributed by atoms with van der Waals surface area (Å²) in [4.78, 5) is 27.3. The molecule has 5 rings (SSSR count). The Hall–Kier alpha value is -3.41. The second-order valence-electron chi connectivity index (χ2n) is 7.30. The first-order chi connectivity index (χ1) is 13.7. The molecule has 2 aliphatic rings. The Kier molecular flexibility index (Phi) is 3.97. The summed E-state index contributed by atoms with van der Waals surface area (Å²) >= 11 is 0. The monoisotopic (exact) mass is 372 g/mol. The molecule has 1 unspecified atom stereocenters. The summed E-state index contributed by atoms with van der Waals surface area (Å²) in [6, 6.07) is 17.6. The van der Waals surface area contributed by atoms with Crippen molar-refractivity contribution in [3.8, 4) is 11.3 Å². The molecule has 28 heavy (non-hydrogen) atoms. The number of carbonyl (C=O) groups is 2. The maximum Gasteiger partial charge on any atom is 0.231 e. The standard InChI is InChI=1S/C22H20N4O2/c27-20-12-16(15-8-4-5-9-18(15)23-20)22(28)26-11-10-19-17(13-26)21(25-24-19)14-6-2-1-3-7-14/h1-9,16H,10-13H2,(H,23,27)(H,24,25). The molecule has 3 aromatic rings. The molecule has 0 saturated carbocycles. The number of nitrogens with zero attached hydrogens (tertiary/aromatic N) is 2. The van der Waals surface area contributed by atoms with Crippen molar-refractivity contribution < 1.29 is 9.59 Å². The maximum absolute atomic E-state index is 13.4. The van der Waals surface area contributed by atoms with Gasteiger partial charge in [-0.15, -0.1) is 0 Å². The molecule has 2 aliphatic heterocycles. The van der Waals surface area contributed by atoms with E-state index < -0.39 is 5.92 Å². The molecule has 3 heterocycles. The van der Waals surface area contributed by atoms with Crippen LogP contribution < -0.4 is 5.32 Å². The van der Waals surface area contributed by atoms with Gasteiger partial charge in [-0.25, -0.2) is 0 Å². The summed E-state index contributed by atoms with van der Waals surface area (Å²) in [6.07, 6.45) is 0.928. The van der Waals surface area contributed by atoms with E-state index in [4.69, 9.17) is 0 Å². The van der Waals surface area contributed by atoms with E-state index in [2.05, 4.69) is 15.5 Å². The van der Waals surface area contributed by atoms with Crippen molar-refractivity contribution in [1.82, 2.24) is 15.1 Å². The van der Waals surface area contributed by atoms with Crippen LogP contribution >= 0.6 is 0 Å². The molecule has 0 radical (unpaired) electrons. The number of fused-ring (bicyclic) bond motifs is 2. The number of H-pyrrole nitrogens is 1. The number of nitrogens with one attached hydrogen (secondary N) is 2. The molecule has 0 fully saturated rings. The predicted molar refractivity (Wildman–Crippen MR) is 106 cm³/mol. The molecule has 1 aromatic heterocycles. The molecular formula is C22H20N4O2. The molecular weight excluding hydrogens is 352 g/mol. The van der Waals surface area contributed by atoms with Crippen molar-refractivity contribution in [2.45, 2.75) is 25.3 Å². The van der Waals surface area contributed by atoms with Crippen molar-refractivity contribution in [3.63, 3.8) is 0 Å². The average molecular weight is 372 g/mol. The molecule has 0 spiro atoms. The van der Waals surface area contributed by atoms with E-state index in [9.17, 15) is 9.59 Å². The van der Waals surface area contributed by atoms with Crippen molar-refractivity contribution in [2.24, 2.45) is 0 Å². The number of carbonyl (C=O) groups excluding carboxylic acids is 2. The van der Waals surface area contributed by atoms with Crippen LogP contribution in [-0.4, -0.2) is 33.5 Å². The normalized spacial score (nSPS) is 18.2. The van der Waals surface area contributed by atoms with Crippen LogP contribution in [0.15, 0.2) is 54.6 Å². The van der Waals surface area contributed by atoms with Gasteiger partial charge in [0.15, 0.2) is 0 Å². The van der Waals surface area contributed by atoms with Gasteiger partial charge in [0, 0.05) is 48.4 Å². The van der Waals surface area contributed by atoms with E-state index in [1.165, 1.54) is 0 Å². The van der Waals surface area contributed by atoms with Gasteiger partial charge >= 0.3 is 0 Å². The fourth-order valence-corrected chi connectivity index (χ4v) is 4.17. The highest BCUT2D eigenvalue weighted by molar-refractivity contribution is 6.01. The number of anilines is 1. The van der Waals surface area contributed by atoms with Gasteiger partial charge in [0.2, 0.25) is 11.8 Å². The van der Waals surface area contributed by atoms with Gasteiger partial charge in [-0.1, -0.05) is 48.5 Å². The molecule has 0 aliphatic carbocycles. The third-order valence-electron chi connectivity index (χ3n) is 5.59. The molecule has 140 valence electrons. The molecule has 1 atom stereocenters.